The summed E-state index contributed by atoms with van der Waals surface area (Å²) in [6, 6.07) is 2.80. The van der Waals surface area contributed by atoms with Crippen molar-refractivity contribution in [2.75, 3.05) is 6.61 Å². The number of hydrogen-bond acceptors (Lipinski definition) is 4. The molecule has 1 aromatic carbocycles. The molecule has 0 radical (unpaired) electrons. The Kier molecular flexibility index (Phi) is 8.79. The Morgan fingerprint density at radius 3 is 2.40 bits per heavy atom. The Morgan fingerprint density at radius 1 is 1.30 bits per heavy atom. The van der Waals surface area contributed by atoms with Crippen LogP contribution in [0.2, 0.25) is 10.0 Å². The number of allylic oxidation sites excluding steroid dienone is 1. The number of Topliss-reactive ketones (excluding diaryl/α,β-unsaturated/α-hetero) is 1. The Balaban J connectivity index is 0.00000361. The second kappa shape index (κ2) is 8.90. The van der Waals surface area contributed by atoms with Crippen LogP contribution in [0.5, 0.6) is 5.75 Å². The van der Waals surface area contributed by atoms with Crippen molar-refractivity contribution in [3.8, 4) is 5.75 Å². The van der Waals surface area contributed by atoms with E-state index in [-0.39, 0.29) is 64.9 Å². The van der Waals surface area contributed by atoms with Crippen LogP contribution in [0.3, 0.4) is 0 Å². The zero-order chi connectivity index (χ0) is 14.6. The minimum absolute atomic E-state index is 0. The summed E-state index contributed by atoms with van der Waals surface area (Å²) >= 11 is 11.9. The molecule has 0 spiro atoms. The third-order valence-corrected chi connectivity index (χ3v) is 3.25. The topological polar surface area (TPSA) is 66.4 Å². The predicted octanol–water partition coefficient (Wildman–Crippen LogP) is 1.89. The van der Waals surface area contributed by atoms with Gasteiger partial charge in [-0.15, -0.1) is 0 Å². The molecule has 4 nitrogen and oxygen atoms in total. The number of carboxylic acid groups (broad SMARTS) is 1. The molecule has 0 unspecified atom stereocenters. The standard InChI is InChI=1S/C13H12Cl2O4.Ca/c1-3-7(2)13(18)8-4-5-9(12(15)11(8)14)19-6-10(16)17;/h4-5H,2-3,6H2,1H3,(H,16,17);/q;+2/p-1. The molecule has 7 heteroatoms. The minimum atomic E-state index is -1.38. The van der Waals surface area contributed by atoms with Crippen molar-refractivity contribution in [2.24, 2.45) is 0 Å². The number of aliphatic carboxylic acids is 1. The first-order chi connectivity index (χ1) is 8.88. The Bertz CT molecular complexity index is 543. The molecule has 20 heavy (non-hydrogen) atoms. The maximum absolute atomic E-state index is 11.9. The summed E-state index contributed by atoms with van der Waals surface area (Å²) in [4.78, 5) is 22.2. The van der Waals surface area contributed by atoms with Gasteiger partial charge in [0.1, 0.15) is 17.4 Å². The van der Waals surface area contributed by atoms with Gasteiger partial charge in [0, 0.05) is 5.56 Å². The number of benzene rings is 1. The molecule has 0 heterocycles. The third-order valence-electron chi connectivity index (χ3n) is 2.38. The normalized spacial score (nSPS) is 9.55. The van der Waals surface area contributed by atoms with Crippen LogP contribution in [0.25, 0.3) is 0 Å². The average molecular weight is 342 g/mol. The number of ether oxygens (including phenoxy) is 1. The molecule has 0 aliphatic heterocycles. The van der Waals surface area contributed by atoms with Gasteiger partial charge in [-0.25, -0.2) is 0 Å². The molecule has 1 rings (SSSR count). The second-order valence-electron chi connectivity index (χ2n) is 3.69. The van der Waals surface area contributed by atoms with E-state index in [1.807, 2.05) is 0 Å². The molecule has 0 atom stereocenters. The maximum atomic E-state index is 11.9. The summed E-state index contributed by atoms with van der Waals surface area (Å²) < 4.78 is 4.89. The van der Waals surface area contributed by atoms with Gasteiger partial charge < -0.3 is 14.6 Å². The van der Waals surface area contributed by atoms with Gasteiger partial charge in [-0.2, -0.15) is 0 Å². The molecule has 0 bridgehead atoms. The van der Waals surface area contributed by atoms with E-state index in [0.29, 0.717) is 12.0 Å². The molecule has 0 amide bonds. The molecule has 0 saturated heterocycles. The van der Waals surface area contributed by atoms with Crippen molar-refractivity contribution in [1.29, 1.82) is 0 Å². The molecule has 0 aromatic heterocycles. The van der Waals surface area contributed by atoms with Gasteiger partial charge in [0.05, 0.1) is 11.0 Å². The third kappa shape index (κ3) is 4.93. The first-order valence-corrected chi connectivity index (χ1v) is 6.17. The van der Waals surface area contributed by atoms with Crippen LogP contribution in [-0.4, -0.2) is 56.1 Å². The molecule has 0 aliphatic carbocycles. The van der Waals surface area contributed by atoms with Crippen LogP contribution in [0.15, 0.2) is 24.3 Å². The summed E-state index contributed by atoms with van der Waals surface area (Å²) in [6.07, 6.45) is 0.496. The fourth-order valence-electron chi connectivity index (χ4n) is 1.31. The SMILES string of the molecule is C=C(CC)C(=O)c1ccc(OCC(=O)[O-])c(Cl)c1Cl.[Ca+2]. The second-order valence-corrected chi connectivity index (χ2v) is 4.44. The van der Waals surface area contributed by atoms with E-state index in [9.17, 15) is 14.7 Å². The quantitative estimate of drug-likeness (QED) is 0.450. The Hall–Kier alpha value is -0.260. The van der Waals surface area contributed by atoms with Crippen molar-refractivity contribution in [3.05, 3.63) is 39.9 Å². The predicted molar refractivity (Wildman–Crippen MR) is 76.5 cm³/mol. The molecule has 0 fully saturated rings. The van der Waals surface area contributed by atoms with Crippen molar-refractivity contribution < 1.29 is 19.4 Å². The van der Waals surface area contributed by atoms with E-state index >= 15 is 0 Å². The van der Waals surface area contributed by atoms with Gasteiger partial charge >= 0.3 is 37.7 Å². The van der Waals surface area contributed by atoms with Crippen LogP contribution < -0.4 is 9.84 Å². The smallest absolute Gasteiger partial charge is 0.546 e. The van der Waals surface area contributed by atoms with Gasteiger partial charge in [0.25, 0.3) is 0 Å². The van der Waals surface area contributed by atoms with Gasteiger partial charge in [0.2, 0.25) is 0 Å². The monoisotopic (exact) mass is 341 g/mol. The zero-order valence-corrected chi connectivity index (χ0v) is 14.6. The number of rotatable bonds is 6. The van der Waals surface area contributed by atoms with Crippen molar-refractivity contribution in [3.63, 3.8) is 0 Å². The molecule has 0 aliphatic rings. The number of halogens is 2. The van der Waals surface area contributed by atoms with Crippen LogP contribution in [0.1, 0.15) is 23.7 Å². The Labute approximate surface area is 156 Å². The van der Waals surface area contributed by atoms with Gasteiger partial charge in [0.15, 0.2) is 5.78 Å². The zero-order valence-electron chi connectivity index (χ0n) is 10.9. The van der Waals surface area contributed by atoms with Crippen molar-refractivity contribution in [2.45, 2.75) is 13.3 Å². The van der Waals surface area contributed by atoms with Crippen LogP contribution in [0, 0.1) is 0 Å². The average Bonchev–Trinajstić information content (AvgIpc) is 2.38. The van der Waals surface area contributed by atoms with Crippen molar-refractivity contribution >= 4 is 72.7 Å². The van der Waals surface area contributed by atoms with Crippen LogP contribution in [-0.2, 0) is 4.79 Å². The molecule has 0 N–H and O–H groups in total. The molecule has 102 valence electrons. The summed E-state index contributed by atoms with van der Waals surface area (Å²) in [5.41, 5.74) is 0.612. The fourth-order valence-corrected chi connectivity index (χ4v) is 1.77. The minimum Gasteiger partial charge on any atom is -0.546 e. The van der Waals surface area contributed by atoms with Crippen molar-refractivity contribution in [1.82, 2.24) is 0 Å². The molecular weight excluding hydrogens is 331 g/mol. The van der Waals surface area contributed by atoms with Crippen LogP contribution >= 0.6 is 23.2 Å². The van der Waals surface area contributed by atoms with Gasteiger partial charge in [-0.05, 0) is 24.1 Å². The first kappa shape index (κ1) is 19.7. The van der Waals surface area contributed by atoms with Gasteiger partial charge in [-0.1, -0.05) is 36.7 Å². The summed E-state index contributed by atoms with van der Waals surface area (Å²) in [5, 5.41) is 10.3. The number of carbonyl (C=O) groups excluding carboxylic acids is 2. The van der Waals surface area contributed by atoms with Crippen LogP contribution in [0.4, 0.5) is 0 Å². The largest absolute Gasteiger partial charge is 2.00 e. The van der Waals surface area contributed by atoms with E-state index in [0.717, 1.165) is 0 Å². The number of carboxylic acids is 1. The first-order valence-electron chi connectivity index (χ1n) is 5.41. The molecule has 0 saturated carbocycles. The summed E-state index contributed by atoms with van der Waals surface area (Å²) in [6.45, 7) is 4.78. The maximum Gasteiger partial charge on any atom is 2.00 e. The summed E-state index contributed by atoms with van der Waals surface area (Å²) in [5.74, 6) is -1.61. The molecular formula is C13H11CaCl2O4+. The molecule has 1 aromatic rings. The van der Waals surface area contributed by atoms with E-state index in [2.05, 4.69) is 6.58 Å². The number of ketones is 1. The number of hydrogen-bond donors (Lipinski definition) is 0. The van der Waals surface area contributed by atoms with E-state index < -0.39 is 12.6 Å². The van der Waals surface area contributed by atoms with E-state index in [4.69, 9.17) is 27.9 Å². The van der Waals surface area contributed by atoms with E-state index in [1.165, 1.54) is 12.1 Å². The summed E-state index contributed by atoms with van der Waals surface area (Å²) in [7, 11) is 0. The van der Waals surface area contributed by atoms with E-state index in [1.54, 1.807) is 6.92 Å². The Morgan fingerprint density at radius 2 is 1.90 bits per heavy atom. The van der Waals surface area contributed by atoms with Gasteiger partial charge in [-0.3, -0.25) is 4.79 Å². The fraction of sp³-hybridized carbons (Fsp3) is 0.231. The number of carbonyl (C=O) groups is 2.